The van der Waals surface area contributed by atoms with E-state index in [1.165, 1.54) is 51.4 Å². The van der Waals surface area contributed by atoms with Crippen molar-refractivity contribution >= 4 is 57.7 Å². The molecule has 1 aliphatic rings. The molecule has 14 nitrogen and oxygen atoms in total. The number of aromatic nitrogens is 2. The highest BCUT2D eigenvalue weighted by molar-refractivity contribution is 6.03. The van der Waals surface area contributed by atoms with Gasteiger partial charge in [0.05, 0.1) is 25.8 Å². The minimum atomic E-state index is -0.825. The monoisotopic (exact) mass is 907 g/mol. The van der Waals surface area contributed by atoms with Crippen LogP contribution in [0.2, 0.25) is 0 Å². The van der Waals surface area contributed by atoms with Crippen LogP contribution >= 0.6 is 0 Å². The van der Waals surface area contributed by atoms with Crippen LogP contribution < -0.4 is 21.1 Å². The van der Waals surface area contributed by atoms with E-state index in [1.54, 1.807) is 11.1 Å². The molecule has 14 heteroatoms. The Labute approximate surface area is 390 Å². The predicted molar refractivity (Wildman–Crippen MR) is 258 cm³/mol. The van der Waals surface area contributed by atoms with Crippen molar-refractivity contribution in [3.63, 3.8) is 0 Å². The van der Waals surface area contributed by atoms with E-state index in [0.717, 1.165) is 83.8 Å². The van der Waals surface area contributed by atoms with Gasteiger partial charge in [-0.1, -0.05) is 145 Å². The van der Waals surface area contributed by atoms with Crippen molar-refractivity contribution in [3.05, 3.63) is 89.6 Å². The van der Waals surface area contributed by atoms with Gasteiger partial charge >= 0.3 is 17.9 Å². The van der Waals surface area contributed by atoms with Crippen LogP contribution in [0, 0.1) is 0 Å². The van der Waals surface area contributed by atoms with Gasteiger partial charge < -0.3 is 19.9 Å². The highest BCUT2D eigenvalue weighted by Gasteiger charge is 2.32. The molecule has 1 unspecified atom stereocenters. The number of nitrogens with one attached hydrogen (secondary N) is 3. The van der Waals surface area contributed by atoms with Gasteiger partial charge in [0.1, 0.15) is 12.6 Å². The fourth-order valence-electron chi connectivity index (χ4n) is 8.43. The molecule has 2 amide bonds. The second-order valence-corrected chi connectivity index (χ2v) is 17.2. The van der Waals surface area contributed by atoms with E-state index in [2.05, 4.69) is 33.3 Å². The molecule has 1 aliphatic heterocycles. The molecule has 3 aromatic carbocycles. The maximum Gasteiger partial charge on any atom is 0.326 e. The van der Waals surface area contributed by atoms with Crippen LogP contribution in [0.5, 0.6) is 0 Å². The number of fused-ring (bicyclic) bond motifs is 2. The standard InChI is InChI=1S/C52H70N6O8/c1-2-39-25-21-26-41(27-22-30-47(60)61)50(39)54-44-32-31-40-23-16-18-29-45(40)58(52(44)64)38-49(63)66-36-20-14-12-10-8-6-4-3-5-7-9-11-13-19-35-65-48(62)34-33-46(59)55-57-51-43-28-17-15-24-42(43)37-53-56-51/h15-18,21,23-26,28-29,37,44,54H,2-14,19-20,22,27,30-36,38H2,1H3,(H,55,59)(H,56,57)(H,60,61). The van der Waals surface area contributed by atoms with Crippen molar-refractivity contribution in [2.45, 2.75) is 154 Å². The van der Waals surface area contributed by atoms with Crippen molar-refractivity contribution < 1.29 is 38.6 Å². The SMILES string of the molecule is CCc1cccc(CCCC(=O)O)c1NC1CCc2ccccc2N(CC(=O)OCCCCCCCCCCCCCCCCOC(=O)CCC(=O)NNc2nncc3ccccc23)C1=O. The number of benzene rings is 3. The van der Waals surface area contributed by atoms with Crippen LogP contribution in [0.25, 0.3) is 10.8 Å². The zero-order valence-corrected chi connectivity index (χ0v) is 38.8. The summed E-state index contributed by atoms with van der Waals surface area (Å²) in [5, 5.41) is 22.4. The van der Waals surface area contributed by atoms with Crippen molar-refractivity contribution in [2.24, 2.45) is 0 Å². The molecule has 2 heterocycles. The number of ether oxygens (including phenoxy) is 2. The fraction of sp³-hybridized carbons (Fsp3) is 0.519. The fourth-order valence-corrected chi connectivity index (χ4v) is 8.43. The van der Waals surface area contributed by atoms with Crippen molar-refractivity contribution in [1.29, 1.82) is 0 Å². The van der Waals surface area contributed by atoms with E-state index < -0.39 is 18.0 Å². The summed E-state index contributed by atoms with van der Waals surface area (Å²) in [7, 11) is 0. The lowest BCUT2D eigenvalue weighted by molar-refractivity contribution is -0.145. The normalized spacial score (nSPS) is 13.4. The lowest BCUT2D eigenvalue weighted by Gasteiger charge is -2.27. The molecule has 4 aromatic rings. The lowest BCUT2D eigenvalue weighted by Crippen LogP contribution is -2.45. The average Bonchev–Trinajstić information content (AvgIpc) is 3.45. The van der Waals surface area contributed by atoms with E-state index in [4.69, 9.17) is 9.47 Å². The van der Waals surface area contributed by atoms with Gasteiger partial charge in [-0.25, -0.2) is 0 Å². The average molecular weight is 907 g/mol. The quantitative estimate of drug-likeness (QED) is 0.0213. The summed E-state index contributed by atoms with van der Waals surface area (Å²) in [5.74, 6) is -1.67. The third-order valence-electron chi connectivity index (χ3n) is 12.1. The Balaban J connectivity index is 0.852. The van der Waals surface area contributed by atoms with E-state index in [-0.39, 0.29) is 43.6 Å². The number of unbranched alkanes of at least 4 members (excludes halogenated alkanes) is 13. The second-order valence-electron chi connectivity index (χ2n) is 17.2. The Morgan fingerprint density at radius 2 is 1.33 bits per heavy atom. The highest BCUT2D eigenvalue weighted by atomic mass is 16.5. The minimum Gasteiger partial charge on any atom is -0.481 e. The predicted octanol–water partition coefficient (Wildman–Crippen LogP) is 9.83. The smallest absolute Gasteiger partial charge is 0.326 e. The topological polar surface area (TPSA) is 189 Å². The minimum absolute atomic E-state index is 0.0191. The summed E-state index contributed by atoms with van der Waals surface area (Å²) >= 11 is 0. The van der Waals surface area contributed by atoms with Crippen LogP contribution in [-0.2, 0) is 52.7 Å². The van der Waals surface area contributed by atoms with Crippen molar-refractivity contribution in [1.82, 2.24) is 15.6 Å². The highest BCUT2D eigenvalue weighted by Crippen LogP contribution is 2.31. The summed E-state index contributed by atoms with van der Waals surface area (Å²) in [5.41, 5.74) is 10.1. The number of anilines is 3. The largest absolute Gasteiger partial charge is 0.481 e. The summed E-state index contributed by atoms with van der Waals surface area (Å²) in [4.78, 5) is 64.4. The molecule has 0 saturated carbocycles. The zero-order chi connectivity index (χ0) is 46.8. The second kappa shape index (κ2) is 28.8. The molecule has 0 spiro atoms. The van der Waals surface area contributed by atoms with Crippen LogP contribution in [0.4, 0.5) is 17.2 Å². The van der Waals surface area contributed by atoms with Crippen molar-refractivity contribution in [2.75, 3.05) is 35.4 Å². The first-order valence-corrected chi connectivity index (χ1v) is 24.3. The number of nitrogens with zero attached hydrogens (tertiary/aromatic N) is 3. The number of hydrazine groups is 1. The molecule has 1 aromatic heterocycles. The number of hydrogen-bond acceptors (Lipinski definition) is 11. The lowest BCUT2D eigenvalue weighted by atomic mass is 9.98. The van der Waals surface area contributed by atoms with Gasteiger partial charge in [0, 0.05) is 35.0 Å². The first kappa shape index (κ1) is 50.9. The van der Waals surface area contributed by atoms with Crippen LogP contribution in [0.3, 0.4) is 0 Å². The summed E-state index contributed by atoms with van der Waals surface area (Å²) in [6, 6.07) is 20.8. The van der Waals surface area contributed by atoms with Gasteiger partial charge in [-0.05, 0) is 67.7 Å². The molecular weight excluding hydrogens is 837 g/mol. The van der Waals surface area contributed by atoms with E-state index in [1.807, 2.05) is 66.7 Å². The molecule has 4 N–H and O–H groups in total. The Hall–Kier alpha value is -6.05. The maximum atomic E-state index is 14.2. The number of carbonyl (C=O) groups is 5. The van der Waals surface area contributed by atoms with E-state index >= 15 is 0 Å². The number of esters is 2. The number of rotatable bonds is 31. The molecule has 356 valence electrons. The number of carboxylic acids is 1. The van der Waals surface area contributed by atoms with E-state index in [9.17, 15) is 29.1 Å². The molecule has 0 bridgehead atoms. The third-order valence-corrected chi connectivity index (χ3v) is 12.1. The van der Waals surface area contributed by atoms with Gasteiger partial charge in [0.15, 0.2) is 5.82 Å². The summed E-state index contributed by atoms with van der Waals surface area (Å²) < 4.78 is 11.0. The van der Waals surface area contributed by atoms with E-state index in [0.29, 0.717) is 44.7 Å². The van der Waals surface area contributed by atoms with Gasteiger partial charge in [-0.2, -0.15) is 5.10 Å². The third kappa shape index (κ3) is 17.4. The Kier molecular flexibility index (Phi) is 22.2. The maximum absolute atomic E-state index is 14.2. The van der Waals surface area contributed by atoms with Gasteiger partial charge in [-0.3, -0.25) is 39.7 Å². The Morgan fingerprint density at radius 3 is 2.02 bits per heavy atom. The number of aliphatic carboxylic acids is 1. The number of hydrogen-bond donors (Lipinski definition) is 4. The Bertz CT molecular complexity index is 2160. The first-order chi connectivity index (χ1) is 32.2. The summed E-state index contributed by atoms with van der Waals surface area (Å²) in [6.45, 7) is 2.63. The molecule has 0 radical (unpaired) electrons. The first-order valence-electron chi connectivity index (χ1n) is 24.3. The number of aryl methyl sites for hydroxylation is 3. The molecule has 0 fully saturated rings. The Morgan fingerprint density at radius 1 is 0.712 bits per heavy atom. The molecular formula is C52H70N6O8. The molecule has 5 rings (SSSR count). The number of amides is 2. The molecule has 0 saturated heterocycles. The van der Waals surface area contributed by atoms with Gasteiger partial charge in [0.2, 0.25) is 11.8 Å². The zero-order valence-electron chi connectivity index (χ0n) is 38.8. The molecule has 0 aliphatic carbocycles. The number of carbonyl (C=O) groups excluding carboxylic acids is 4. The van der Waals surface area contributed by atoms with Crippen molar-refractivity contribution in [3.8, 4) is 0 Å². The van der Waals surface area contributed by atoms with Crippen LogP contribution in [0.15, 0.2) is 72.9 Å². The number of para-hydroxylation sites is 2. The summed E-state index contributed by atoms with van der Waals surface area (Å²) in [6.07, 6.45) is 20.5. The van der Waals surface area contributed by atoms with Crippen LogP contribution in [-0.4, -0.2) is 70.8 Å². The molecule has 66 heavy (non-hydrogen) atoms. The van der Waals surface area contributed by atoms with Gasteiger partial charge in [-0.15, -0.1) is 5.10 Å². The molecule has 1 atom stereocenters. The van der Waals surface area contributed by atoms with Crippen LogP contribution in [0.1, 0.15) is 146 Å². The number of carboxylic acid groups (broad SMARTS) is 1. The van der Waals surface area contributed by atoms with Gasteiger partial charge in [0.25, 0.3) is 0 Å².